The molecule has 0 radical (unpaired) electrons. The van der Waals surface area contributed by atoms with Gasteiger partial charge in [0, 0.05) is 30.7 Å². The monoisotopic (exact) mass is 245 g/mol. The van der Waals surface area contributed by atoms with E-state index in [0.717, 1.165) is 23.6 Å². The average molecular weight is 245 g/mol. The van der Waals surface area contributed by atoms with Gasteiger partial charge in [0.25, 0.3) is 0 Å². The van der Waals surface area contributed by atoms with Crippen LogP contribution in [0.2, 0.25) is 0 Å². The van der Waals surface area contributed by atoms with Gasteiger partial charge in [-0.2, -0.15) is 4.98 Å². The highest BCUT2D eigenvalue weighted by Gasteiger charge is 2.02. The van der Waals surface area contributed by atoms with Crippen molar-refractivity contribution in [2.75, 3.05) is 11.9 Å². The maximum Gasteiger partial charge on any atom is 0.243 e. The van der Waals surface area contributed by atoms with E-state index in [9.17, 15) is 0 Å². The van der Waals surface area contributed by atoms with E-state index in [-0.39, 0.29) is 0 Å². The lowest BCUT2D eigenvalue weighted by molar-refractivity contribution is 0.933. The molecular formula is C11H11N5S. The maximum atomic E-state index is 4.36. The molecule has 3 aromatic rings. The summed E-state index contributed by atoms with van der Waals surface area (Å²) < 4.78 is 1.76. The third-order valence-corrected chi connectivity index (χ3v) is 3.19. The number of aromatic nitrogens is 4. The first-order valence-electron chi connectivity index (χ1n) is 5.35. The number of nitrogens with zero attached hydrogens (tertiary/aromatic N) is 4. The zero-order chi connectivity index (χ0) is 11.5. The van der Waals surface area contributed by atoms with Gasteiger partial charge in [-0.1, -0.05) is 6.07 Å². The van der Waals surface area contributed by atoms with Gasteiger partial charge in [-0.3, -0.25) is 0 Å². The van der Waals surface area contributed by atoms with Gasteiger partial charge >= 0.3 is 0 Å². The van der Waals surface area contributed by atoms with Crippen molar-refractivity contribution in [3.05, 3.63) is 41.0 Å². The predicted molar refractivity (Wildman–Crippen MR) is 67.3 cm³/mol. The largest absolute Gasteiger partial charge is 0.352 e. The van der Waals surface area contributed by atoms with Crippen LogP contribution in [0, 0.1) is 0 Å². The van der Waals surface area contributed by atoms with Crippen LogP contribution in [-0.2, 0) is 6.42 Å². The molecule has 0 atom stereocenters. The summed E-state index contributed by atoms with van der Waals surface area (Å²) >= 11 is 1.67. The Morgan fingerprint density at radius 3 is 3.18 bits per heavy atom. The van der Waals surface area contributed by atoms with E-state index in [1.54, 1.807) is 15.9 Å². The standard InChI is InChI=1S/C11H11N5S/c1-2-7-16-9(3-1)14-11(15-16)13-5-4-10-12-6-8-17-10/h1-3,6-8H,4-5H2,(H,13,15). The van der Waals surface area contributed by atoms with Gasteiger partial charge < -0.3 is 5.32 Å². The minimum Gasteiger partial charge on any atom is -0.352 e. The molecule has 6 heteroatoms. The van der Waals surface area contributed by atoms with Crippen molar-refractivity contribution in [2.45, 2.75) is 6.42 Å². The molecule has 5 nitrogen and oxygen atoms in total. The van der Waals surface area contributed by atoms with Gasteiger partial charge in [0.1, 0.15) is 0 Å². The highest BCUT2D eigenvalue weighted by Crippen LogP contribution is 2.07. The van der Waals surface area contributed by atoms with Gasteiger partial charge in [0.15, 0.2) is 5.65 Å². The van der Waals surface area contributed by atoms with Crippen molar-refractivity contribution in [3.63, 3.8) is 0 Å². The first-order chi connectivity index (χ1) is 8.42. The Labute approximate surface area is 102 Å². The van der Waals surface area contributed by atoms with Crippen LogP contribution in [-0.4, -0.2) is 26.1 Å². The van der Waals surface area contributed by atoms with Gasteiger partial charge in [0.2, 0.25) is 5.95 Å². The van der Waals surface area contributed by atoms with Gasteiger partial charge in [0.05, 0.1) is 5.01 Å². The molecule has 0 fully saturated rings. The summed E-state index contributed by atoms with van der Waals surface area (Å²) in [6, 6.07) is 5.81. The summed E-state index contributed by atoms with van der Waals surface area (Å²) in [4.78, 5) is 8.58. The van der Waals surface area contributed by atoms with Gasteiger partial charge in [-0.25, -0.2) is 9.50 Å². The summed E-state index contributed by atoms with van der Waals surface area (Å²) in [6.45, 7) is 0.796. The topological polar surface area (TPSA) is 55.1 Å². The Hall–Kier alpha value is -1.95. The number of thiazole rings is 1. The summed E-state index contributed by atoms with van der Waals surface area (Å²) in [7, 11) is 0. The quantitative estimate of drug-likeness (QED) is 0.762. The average Bonchev–Trinajstić information content (AvgIpc) is 2.96. The van der Waals surface area contributed by atoms with Crippen LogP contribution in [0.25, 0.3) is 5.65 Å². The zero-order valence-electron chi connectivity index (χ0n) is 9.08. The number of hydrogen-bond acceptors (Lipinski definition) is 5. The van der Waals surface area contributed by atoms with Gasteiger partial charge in [-0.15, -0.1) is 16.4 Å². The molecule has 17 heavy (non-hydrogen) atoms. The minimum atomic E-state index is 0.660. The molecule has 0 aliphatic heterocycles. The molecule has 0 amide bonds. The fraction of sp³-hybridized carbons (Fsp3) is 0.182. The van der Waals surface area contributed by atoms with E-state index < -0.39 is 0 Å². The fourth-order valence-electron chi connectivity index (χ4n) is 1.56. The maximum absolute atomic E-state index is 4.36. The van der Waals surface area contributed by atoms with Crippen LogP contribution >= 0.6 is 11.3 Å². The molecule has 1 N–H and O–H groups in total. The molecule has 0 spiro atoms. The molecule has 86 valence electrons. The predicted octanol–water partition coefficient (Wildman–Crippen LogP) is 1.84. The molecule has 0 aliphatic rings. The Balaban J connectivity index is 1.65. The van der Waals surface area contributed by atoms with Crippen LogP contribution in [0.15, 0.2) is 36.0 Å². The lowest BCUT2D eigenvalue weighted by Crippen LogP contribution is -2.06. The van der Waals surface area contributed by atoms with E-state index in [2.05, 4.69) is 20.4 Å². The molecule has 0 aromatic carbocycles. The number of nitrogens with one attached hydrogen (secondary N) is 1. The van der Waals surface area contributed by atoms with Crippen molar-refractivity contribution in [1.82, 2.24) is 19.6 Å². The van der Waals surface area contributed by atoms with E-state index >= 15 is 0 Å². The molecule has 3 rings (SSSR count). The third kappa shape index (κ3) is 2.26. The Morgan fingerprint density at radius 1 is 1.35 bits per heavy atom. The number of pyridine rings is 1. The van der Waals surface area contributed by atoms with Crippen LogP contribution in [0.4, 0.5) is 5.95 Å². The zero-order valence-corrected chi connectivity index (χ0v) is 9.89. The smallest absolute Gasteiger partial charge is 0.243 e. The molecule has 0 saturated heterocycles. The lowest BCUT2D eigenvalue weighted by atomic mass is 10.4. The van der Waals surface area contributed by atoms with E-state index in [0.29, 0.717) is 5.95 Å². The van der Waals surface area contributed by atoms with Crippen molar-refractivity contribution >= 4 is 22.9 Å². The second kappa shape index (κ2) is 4.50. The van der Waals surface area contributed by atoms with Crippen LogP contribution in [0.3, 0.4) is 0 Å². The van der Waals surface area contributed by atoms with Crippen molar-refractivity contribution in [2.24, 2.45) is 0 Å². The lowest BCUT2D eigenvalue weighted by Gasteiger charge is -1.97. The summed E-state index contributed by atoms with van der Waals surface area (Å²) in [6.07, 6.45) is 4.60. The van der Waals surface area contributed by atoms with Crippen molar-refractivity contribution in [3.8, 4) is 0 Å². The number of anilines is 1. The van der Waals surface area contributed by atoms with E-state index in [1.807, 2.05) is 36.0 Å². The Morgan fingerprint density at radius 2 is 2.35 bits per heavy atom. The Kier molecular flexibility index (Phi) is 2.71. The first-order valence-corrected chi connectivity index (χ1v) is 6.23. The van der Waals surface area contributed by atoms with Crippen LogP contribution < -0.4 is 5.32 Å². The molecule has 0 saturated carbocycles. The molecule has 3 heterocycles. The molecule has 0 bridgehead atoms. The second-order valence-electron chi connectivity index (χ2n) is 3.54. The minimum absolute atomic E-state index is 0.660. The molecular weight excluding hydrogens is 234 g/mol. The van der Waals surface area contributed by atoms with Crippen molar-refractivity contribution < 1.29 is 0 Å². The third-order valence-electron chi connectivity index (χ3n) is 2.35. The molecule has 3 aromatic heterocycles. The van der Waals surface area contributed by atoms with Gasteiger partial charge in [-0.05, 0) is 12.1 Å². The SMILES string of the molecule is c1ccn2nc(NCCc3nccs3)nc2c1. The van der Waals surface area contributed by atoms with E-state index in [4.69, 9.17) is 0 Å². The Bertz CT molecular complexity index is 568. The number of rotatable bonds is 4. The highest BCUT2D eigenvalue weighted by molar-refractivity contribution is 7.09. The van der Waals surface area contributed by atoms with Crippen molar-refractivity contribution in [1.29, 1.82) is 0 Å². The number of fused-ring (bicyclic) bond motifs is 1. The summed E-state index contributed by atoms with van der Waals surface area (Å²) in [5.41, 5.74) is 0.851. The molecule has 0 unspecified atom stereocenters. The number of hydrogen-bond donors (Lipinski definition) is 1. The normalized spacial score (nSPS) is 10.8. The van der Waals surface area contributed by atoms with E-state index in [1.165, 1.54) is 0 Å². The van der Waals surface area contributed by atoms with Crippen LogP contribution in [0.5, 0.6) is 0 Å². The first kappa shape index (κ1) is 10.2. The summed E-state index contributed by atoms with van der Waals surface area (Å²) in [5, 5.41) is 10.6. The second-order valence-corrected chi connectivity index (χ2v) is 4.52. The fourth-order valence-corrected chi connectivity index (χ4v) is 2.18. The highest BCUT2D eigenvalue weighted by atomic mass is 32.1. The molecule has 0 aliphatic carbocycles. The van der Waals surface area contributed by atoms with Crippen LogP contribution in [0.1, 0.15) is 5.01 Å². The summed E-state index contributed by atoms with van der Waals surface area (Å²) in [5.74, 6) is 0.660.